The molecule has 2 aromatic carbocycles. The molecule has 0 radical (unpaired) electrons. The number of halogens is 2. The molecule has 0 bridgehead atoms. The van der Waals surface area contributed by atoms with Gasteiger partial charge < -0.3 is 4.98 Å². The van der Waals surface area contributed by atoms with Gasteiger partial charge in [-0.2, -0.15) is 0 Å². The van der Waals surface area contributed by atoms with Crippen LogP contribution in [0.2, 0.25) is 0 Å². The zero-order valence-electron chi connectivity index (χ0n) is 12.3. The fraction of sp³-hybridized carbons (Fsp3) is 0.111. The Morgan fingerprint density at radius 2 is 2.00 bits per heavy atom. The van der Waals surface area contributed by atoms with Crippen LogP contribution in [0.5, 0.6) is 0 Å². The van der Waals surface area contributed by atoms with E-state index in [4.69, 9.17) is 0 Å². The molecule has 0 unspecified atom stereocenters. The summed E-state index contributed by atoms with van der Waals surface area (Å²) in [5.74, 6) is 5.59. The SMILES string of the molecule is Cc1nc2c(C#Cc3ccccc3)cc(CBr)c(F)c2[nH]c1=O. The van der Waals surface area contributed by atoms with Crippen molar-refractivity contribution in [3.63, 3.8) is 0 Å². The molecule has 0 atom stereocenters. The van der Waals surface area contributed by atoms with E-state index in [0.717, 1.165) is 5.56 Å². The fourth-order valence-electron chi connectivity index (χ4n) is 2.21. The Morgan fingerprint density at radius 1 is 1.26 bits per heavy atom. The van der Waals surface area contributed by atoms with Crippen molar-refractivity contribution >= 4 is 27.0 Å². The largest absolute Gasteiger partial charge is 0.317 e. The van der Waals surface area contributed by atoms with E-state index in [2.05, 4.69) is 37.7 Å². The molecule has 0 spiro atoms. The van der Waals surface area contributed by atoms with Crippen LogP contribution < -0.4 is 5.56 Å². The number of nitrogens with zero attached hydrogens (tertiary/aromatic N) is 1. The summed E-state index contributed by atoms with van der Waals surface area (Å²) in [6.07, 6.45) is 0. The first-order valence-corrected chi connectivity index (χ1v) is 8.07. The quantitative estimate of drug-likeness (QED) is 0.524. The highest BCUT2D eigenvalue weighted by molar-refractivity contribution is 9.08. The third-order valence-electron chi connectivity index (χ3n) is 3.42. The van der Waals surface area contributed by atoms with Gasteiger partial charge in [0.15, 0.2) is 5.82 Å². The summed E-state index contributed by atoms with van der Waals surface area (Å²) in [7, 11) is 0. The molecule has 23 heavy (non-hydrogen) atoms. The summed E-state index contributed by atoms with van der Waals surface area (Å²) in [4.78, 5) is 18.5. The summed E-state index contributed by atoms with van der Waals surface area (Å²) >= 11 is 3.26. The number of nitrogens with one attached hydrogen (secondary N) is 1. The lowest BCUT2D eigenvalue weighted by molar-refractivity contribution is 0.625. The normalized spacial score (nSPS) is 10.4. The molecular formula is C18H12BrFN2O. The van der Waals surface area contributed by atoms with Crippen LogP contribution in [-0.4, -0.2) is 9.97 Å². The number of alkyl halides is 1. The molecule has 0 amide bonds. The van der Waals surface area contributed by atoms with Crippen molar-refractivity contribution in [2.45, 2.75) is 12.3 Å². The smallest absolute Gasteiger partial charge is 0.269 e. The number of hydrogen-bond acceptors (Lipinski definition) is 2. The topological polar surface area (TPSA) is 45.8 Å². The van der Waals surface area contributed by atoms with Crippen molar-refractivity contribution in [1.82, 2.24) is 9.97 Å². The molecule has 0 aliphatic heterocycles. The zero-order chi connectivity index (χ0) is 16.4. The molecule has 0 aliphatic carbocycles. The first-order valence-electron chi connectivity index (χ1n) is 6.95. The Balaban J connectivity index is 2.28. The highest BCUT2D eigenvalue weighted by Crippen LogP contribution is 2.23. The van der Waals surface area contributed by atoms with Gasteiger partial charge in [-0.25, -0.2) is 9.37 Å². The Morgan fingerprint density at radius 3 is 2.70 bits per heavy atom. The van der Waals surface area contributed by atoms with Gasteiger partial charge >= 0.3 is 0 Å². The van der Waals surface area contributed by atoms with Gasteiger partial charge in [-0.15, -0.1) is 0 Å². The van der Waals surface area contributed by atoms with Crippen molar-refractivity contribution < 1.29 is 4.39 Å². The summed E-state index contributed by atoms with van der Waals surface area (Å²) in [6, 6.07) is 11.2. The molecule has 1 N–H and O–H groups in total. The van der Waals surface area contributed by atoms with Crippen LogP contribution in [0.1, 0.15) is 22.4 Å². The molecular weight excluding hydrogens is 359 g/mol. The maximum atomic E-state index is 14.4. The molecule has 3 aromatic rings. The van der Waals surface area contributed by atoms with Crippen LogP contribution >= 0.6 is 15.9 Å². The highest BCUT2D eigenvalue weighted by atomic mass is 79.9. The van der Waals surface area contributed by atoms with E-state index in [-0.39, 0.29) is 11.2 Å². The minimum Gasteiger partial charge on any atom is -0.317 e. The average Bonchev–Trinajstić information content (AvgIpc) is 2.57. The molecule has 5 heteroatoms. The fourth-order valence-corrected chi connectivity index (χ4v) is 2.62. The van der Waals surface area contributed by atoms with Crippen LogP contribution in [0.15, 0.2) is 41.2 Å². The number of H-pyrrole nitrogens is 1. The summed E-state index contributed by atoms with van der Waals surface area (Å²) in [5.41, 5.74) is 2.21. The standard InChI is InChI=1S/C18H12BrFN2O/c1-11-18(23)22-17-15(20)14(10-19)9-13(16(17)21-11)8-7-12-5-3-2-4-6-12/h2-6,9H,10H2,1H3,(H,22,23). The second-order valence-electron chi connectivity index (χ2n) is 5.02. The first-order chi connectivity index (χ1) is 11.1. The van der Waals surface area contributed by atoms with Gasteiger partial charge in [0.1, 0.15) is 16.7 Å². The molecule has 3 nitrogen and oxygen atoms in total. The number of rotatable bonds is 1. The van der Waals surface area contributed by atoms with Gasteiger partial charge in [0, 0.05) is 16.5 Å². The minimum absolute atomic E-state index is 0.0925. The molecule has 1 aromatic heterocycles. The van der Waals surface area contributed by atoms with Gasteiger partial charge in [0.05, 0.1) is 5.56 Å². The number of aromatic amines is 1. The van der Waals surface area contributed by atoms with Crippen molar-refractivity contribution in [2.24, 2.45) is 0 Å². The molecule has 0 saturated heterocycles. The number of aromatic nitrogens is 2. The molecule has 1 heterocycles. The van der Waals surface area contributed by atoms with E-state index in [1.165, 1.54) is 0 Å². The third kappa shape index (κ3) is 3.03. The first kappa shape index (κ1) is 15.4. The van der Waals surface area contributed by atoms with Crippen LogP contribution in [0, 0.1) is 24.6 Å². The minimum atomic E-state index is -0.480. The average molecular weight is 371 g/mol. The Kier molecular flexibility index (Phi) is 4.26. The van der Waals surface area contributed by atoms with E-state index in [1.807, 2.05) is 30.3 Å². The van der Waals surface area contributed by atoms with Crippen molar-refractivity contribution in [3.8, 4) is 11.8 Å². The third-order valence-corrected chi connectivity index (χ3v) is 4.02. The molecule has 114 valence electrons. The van der Waals surface area contributed by atoms with Crippen molar-refractivity contribution in [1.29, 1.82) is 0 Å². The lowest BCUT2D eigenvalue weighted by Gasteiger charge is -2.07. The Labute approximate surface area is 140 Å². The number of fused-ring (bicyclic) bond motifs is 1. The van der Waals surface area contributed by atoms with E-state index in [9.17, 15) is 9.18 Å². The predicted molar refractivity (Wildman–Crippen MR) is 92.1 cm³/mol. The van der Waals surface area contributed by atoms with Gasteiger partial charge in [-0.1, -0.05) is 46.0 Å². The van der Waals surface area contributed by atoms with Crippen molar-refractivity contribution in [3.05, 3.63) is 75.0 Å². The molecule has 0 fully saturated rings. The second-order valence-corrected chi connectivity index (χ2v) is 5.58. The van der Waals surface area contributed by atoms with Crippen LogP contribution in [0.3, 0.4) is 0 Å². The predicted octanol–water partition coefficient (Wildman–Crippen LogP) is 3.67. The summed E-state index contributed by atoms with van der Waals surface area (Å²) in [5, 5.41) is 0.324. The van der Waals surface area contributed by atoms with Gasteiger partial charge in [-0.05, 0) is 25.1 Å². The van der Waals surface area contributed by atoms with Gasteiger partial charge in [0.2, 0.25) is 0 Å². The molecule has 3 rings (SSSR count). The number of aryl methyl sites for hydroxylation is 1. The molecule has 0 saturated carbocycles. The van der Waals surface area contributed by atoms with Crippen molar-refractivity contribution in [2.75, 3.05) is 0 Å². The molecule has 0 aliphatic rings. The number of benzene rings is 2. The van der Waals surface area contributed by atoms with Crippen LogP contribution in [0.4, 0.5) is 4.39 Å². The highest BCUT2D eigenvalue weighted by Gasteiger charge is 2.14. The van der Waals surface area contributed by atoms with E-state index in [1.54, 1.807) is 13.0 Å². The summed E-state index contributed by atoms with van der Waals surface area (Å²) in [6.45, 7) is 1.59. The van der Waals surface area contributed by atoms with E-state index >= 15 is 0 Å². The van der Waals surface area contributed by atoms with Gasteiger partial charge in [0.25, 0.3) is 5.56 Å². The zero-order valence-corrected chi connectivity index (χ0v) is 13.9. The maximum Gasteiger partial charge on any atom is 0.269 e. The lowest BCUT2D eigenvalue weighted by Crippen LogP contribution is -2.13. The van der Waals surface area contributed by atoms with Crippen LogP contribution in [-0.2, 0) is 5.33 Å². The second kappa shape index (κ2) is 6.35. The Bertz CT molecular complexity index is 1000. The van der Waals surface area contributed by atoms with E-state index < -0.39 is 11.4 Å². The van der Waals surface area contributed by atoms with Crippen LogP contribution in [0.25, 0.3) is 11.0 Å². The summed E-state index contributed by atoms with van der Waals surface area (Å²) < 4.78 is 14.4. The maximum absolute atomic E-state index is 14.4. The monoisotopic (exact) mass is 370 g/mol. The number of hydrogen-bond donors (Lipinski definition) is 1. The Hall–Kier alpha value is -2.45. The van der Waals surface area contributed by atoms with Gasteiger partial charge in [-0.3, -0.25) is 4.79 Å². The lowest BCUT2D eigenvalue weighted by atomic mass is 10.1. The van der Waals surface area contributed by atoms with E-state index in [0.29, 0.717) is 22.0 Å².